The van der Waals surface area contributed by atoms with Crippen LogP contribution in [0.15, 0.2) is 0 Å². The second kappa shape index (κ2) is 3.14. The van der Waals surface area contributed by atoms with Crippen molar-refractivity contribution < 1.29 is 0 Å². The molecule has 1 fully saturated rings. The van der Waals surface area contributed by atoms with Crippen LogP contribution in [0.3, 0.4) is 0 Å². The van der Waals surface area contributed by atoms with Gasteiger partial charge in [-0.15, -0.1) is 0 Å². The standard InChI is InChI=1S/C8H13BN4/c1-10-6(5-3-4-5)7-8(9)12-13(2)11-7/h5-6,10H,3-4H2,1-2H3. The van der Waals surface area contributed by atoms with Gasteiger partial charge in [0.25, 0.3) is 0 Å². The van der Waals surface area contributed by atoms with Crippen molar-refractivity contribution in [2.75, 3.05) is 7.05 Å². The van der Waals surface area contributed by atoms with Crippen LogP contribution in [0, 0.1) is 5.92 Å². The minimum atomic E-state index is 0.286. The highest BCUT2D eigenvalue weighted by molar-refractivity contribution is 6.31. The Bertz CT molecular complexity index is 305. The van der Waals surface area contributed by atoms with Crippen molar-refractivity contribution >= 4 is 13.4 Å². The van der Waals surface area contributed by atoms with Gasteiger partial charge in [-0.05, 0) is 25.8 Å². The minimum Gasteiger partial charge on any atom is -0.311 e. The van der Waals surface area contributed by atoms with Gasteiger partial charge >= 0.3 is 0 Å². The predicted molar refractivity (Wildman–Crippen MR) is 50.9 cm³/mol. The molecule has 1 N–H and O–H groups in total. The first kappa shape index (κ1) is 8.75. The number of hydrogen-bond acceptors (Lipinski definition) is 3. The van der Waals surface area contributed by atoms with E-state index in [9.17, 15) is 0 Å². The van der Waals surface area contributed by atoms with E-state index in [0.717, 1.165) is 5.69 Å². The van der Waals surface area contributed by atoms with Crippen LogP contribution in [0.5, 0.6) is 0 Å². The van der Waals surface area contributed by atoms with Gasteiger partial charge in [0.2, 0.25) is 0 Å². The Morgan fingerprint density at radius 2 is 2.23 bits per heavy atom. The third-order valence-electron chi connectivity index (χ3n) is 2.47. The number of nitrogens with one attached hydrogen (secondary N) is 1. The van der Waals surface area contributed by atoms with Gasteiger partial charge in [0.15, 0.2) is 0 Å². The first-order valence-electron chi connectivity index (χ1n) is 4.56. The molecule has 1 aliphatic rings. The maximum absolute atomic E-state index is 5.75. The van der Waals surface area contributed by atoms with Crippen LogP contribution < -0.4 is 10.9 Å². The van der Waals surface area contributed by atoms with Crippen molar-refractivity contribution in [3.05, 3.63) is 5.69 Å². The minimum absolute atomic E-state index is 0.286. The number of aromatic nitrogens is 3. The van der Waals surface area contributed by atoms with Crippen LogP contribution in [0.1, 0.15) is 24.6 Å². The molecule has 2 rings (SSSR count). The van der Waals surface area contributed by atoms with Crippen LogP contribution in [0.2, 0.25) is 0 Å². The molecule has 1 unspecified atom stereocenters. The first-order chi connectivity index (χ1) is 6.22. The van der Waals surface area contributed by atoms with E-state index in [0.29, 0.717) is 11.5 Å². The lowest BCUT2D eigenvalue weighted by atomic mass is 9.96. The smallest absolute Gasteiger partial charge is 0.147 e. The van der Waals surface area contributed by atoms with Crippen LogP contribution in [0.4, 0.5) is 0 Å². The zero-order chi connectivity index (χ0) is 9.42. The summed E-state index contributed by atoms with van der Waals surface area (Å²) in [6, 6.07) is 0.286. The van der Waals surface area contributed by atoms with Gasteiger partial charge in [-0.1, -0.05) is 0 Å². The number of rotatable bonds is 3. The maximum atomic E-state index is 5.75. The summed E-state index contributed by atoms with van der Waals surface area (Å²) in [5, 5.41) is 11.5. The van der Waals surface area contributed by atoms with Crippen molar-refractivity contribution in [2.24, 2.45) is 13.0 Å². The van der Waals surface area contributed by atoms with E-state index in [2.05, 4.69) is 15.5 Å². The molecule has 0 amide bonds. The quantitative estimate of drug-likeness (QED) is 0.618. The Labute approximate surface area is 79.1 Å². The fourth-order valence-electron chi connectivity index (χ4n) is 1.68. The lowest BCUT2D eigenvalue weighted by molar-refractivity contribution is 0.506. The van der Waals surface area contributed by atoms with Gasteiger partial charge in [-0.3, -0.25) is 0 Å². The number of hydrogen-bond donors (Lipinski definition) is 1. The molecular formula is C8H13BN4. The lowest BCUT2D eigenvalue weighted by Crippen LogP contribution is -2.25. The molecule has 1 heterocycles. The average molecular weight is 176 g/mol. The zero-order valence-corrected chi connectivity index (χ0v) is 7.99. The molecule has 0 saturated heterocycles. The van der Waals surface area contributed by atoms with Crippen molar-refractivity contribution in [3.63, 3.8) is 0 Å². The van der Waals surface area contributed by atoms with Gasteiger partial charge in [0, 0.05) is 12.6 Å². The average Bonchev–Trinajstić information content (AvgIpc) is 2.82. The summed E-state index contributed by atoms with van der Waals surface area (Å²) in [5.74, 6) is 0.698. The van der Waals surface area contributed by atoms with Gasteiger partial charge in [0.05, 0.1) is 11.7 Å². The van der Waals surface area contributed by atoms with Crippen LogP contribution >= 0.6 is 0 Å². The van der Waals surface area contributed by atoms with E-state index >= 15 is 0 Å². The highest BCUT2D eigenvalue weighted by Crippen LogP contribution is 2.39. The van der Waals surface area contributed by atoms with Crippen molar-refractivity contribution in [1.82, 2.24) is 20.3 Å². The largest absolute Gasteiger partial charge is 0.311 e. The lowest BCUT2D eigenvalue weighted by Gasteiger charge is -2.12. The van der Waals surface area contributed by atoms with Crippen LogP contribution in [0.25, 0.3) is 0 Å². The molecule has 0 aromatic carbocycles. The molecule has 1 aliphatic carbocycles. The normalized spacial score (nSPS) is 18.9. The Morgan fingerprint density at radius 1 is 1.54 bits per heavy atom. The predicted octanol–water partition coefficient (Wildman–Crippen LogP) is -0.721. The molecule has 1 aromatic heterocycles. The summed E-state index contributed by atoms with van der Waals surface area (Å²) < 4.78 is 0. The SMILES string of the molecule is [B]c1nn(C)nc1C(NC)C1CC1. The van der Waals surface area contributed by atoms with E-state index < -0.39 is 0 Å². The van der Waals surface area contributed by atoms with Gasteiger partial charge < -0.3 is 5.32 Å². The molecular weight excluding hydrogens is 163 g/mol. The van der Waals surface area contributed by atoms with Crippen molar-refractivity contribution in [2.45, 2.75) is 18.9 Å². The molecule has 2 radical (unpaired) electrons. The first-order valence-corrected chi connectivity index (χ1v) is 4.56. The van der Waals surface area contributed by atoms with Crippen molar-refractivity contribution in [1.29, 1.82) is 0 Å². The second-order valence-corrected chi connectivity index (χ2v) is 3.56. The Hall–Kier alpha value is -0.835. The fraction of sp³-hybridized carbons (Fsp3) is 0.750. The highest BCUT2D eigenvalue weighted by atomic mass is 15.5. The number of nitrogens with zero attached hydrogens (tertiary/aromatic N) is 3. The van der Waals surface area contributed by atoms with E-state index in [1.165, 1.54) is 17.6 Å². The molecule has 4 nitrogen and oxygen atoms in total. The molecule has 1 atom stereocenters. The molecule has 1 saturated carbocycles. The molecule has 0 aliphatic heterocycles. The second-order valence-electron chi connectivity index (χ2n) is 3.56. The van der Waals surface area contributed by atoms with E-state index in [1.807, 2.05) is 7.05 Å². The molecule has 5 heteroatoms. The summed E-state index contributed by atoms with van der Waals surface area (Å²) in [4.78, 5) is 1.53. The highest BCUT2D eigenvalue weighted by Gasteiger charge is 2.33. The summed E-state index contributed by atoms with van der Waals surface area (Å²) in [7, 11) is 9.48. The van der Waals surface area contributed by atoms with Crippen molar-refractivity contribution in [3.8, 4) is 0 Å². The monoisotopic (exact) mass is 176 g/mol. The Morgan fingerprint density at radius 3 is 2.62 bits per heavy atom. The zero-order valence-electron chi connectivity index (χ0n) is 7.99. The summed E-state index contributed by atoms with van der Waals surface area (Å²) in [6.45, 7) is 0. The third-order valence-corrected chi connectivity index (χ3v) is 2.47. The molecule has 1 aromatic rings. The Balaban J connectivity index is 2.25. The van der Waals surface area contributed by atoms with Crippen LogP contribution in [-0.4, -0.2) is 29.9 Å². The van der Waals surface area contributed by atoms with Gasteiger partial charge in [0.1, 0.15) is 7.85 Å². The Kier molecular flexibility index (Phi) is 2.11. The van der Waals surface area contributed by atoms with Crippen LogP contribution in [-0.2, 0) is 7.05 Å². The summed E-state index contributed by atoms with van der Waals surface area (Å²) in [5.41, 5.74) is 1.45. The molecule has 0 spiro atoms. The summed E-state index contributed by atoms with van der Waals surface area (Å²) >= 11 is 0. The van der Waals surface area contributed by atoms with E-state index in [1.54, 1.807) is 7.05 Å². The molecule has 13 heavy (non-hydrogen) atoms. The van der Waals surface area contributed by atoms with Gasteiger partial charge in [-0.2, -0.15) is 15.0 Å². The maximum Gasteiger partial charge on any atom is 0.147 e. The fourth-order valence-corrected chi connectivity index (χ4v) is 1.68. The number of aryl methyl sites for hydroxylation is 1. The topological polar surface area (TPSA) is 42.7 Å². The van der Waals surface area contributed by atoms with E-state index in [-0.39, 0.29) is 6.04 Å². The summed E-state index contributed by atoms with van der Waals surface area (Å²) in [6.07, 6.45) is 2.53. The van der Waals surface area contributed by atoms with Gasteiger partial charge in [-0.25, -0.2) is 0 Å². The third kappa shape index (κ3) is 1.61. The van der Waals surface area contributed by atoms with E-state index in [4.69, 9.17) is 7.85 Å². The molecule has 0 bridgehead atoms. The molecule has 68 valence electrons.